The molecule has 0 radical (unpaired) electrons. The molecule has 2 rings (SSSR count). The number of nitrogens with two attached hydrogens (primary N) is 1. The Labute approximate surface area is 115 Å². The number of rotatable bonds is 4. The summed E-state index contributed by atoms with van der Waals surface area (Å²) in [7, 11) is 0. The van der Waals surface area contributed by atoms with E-state index in [1.807, 2.05) is 0 Å². The Balaban J connectivity index is 1.84. The maximum absolute atomic E-state index is 11.1. The summed E-state index contributed by atoms with van der Waals surface area (Å²) in [5.74, 6) is -0.0354. The normalized spacial score (nSPS) is 23.3. The molecule has 1 amide bonds. The van der Waals surface area contributed by atoms with E-state index >= 15 is 0 Å². The molecule has 3 nitrogen and oxygen atoms in total. The van der Waals surface area contributed by atoms with E-state index in [2.05, 4.69) is 37.4 Å². The van der Waals surface area contributed by atoms with Crippen LogP contribution in [0.4, 0.5) is 0 Å². The Morgan fingerprint density at radius 2 is 1.95 bits per heavy atom. The van der Waals surface area contributed by atoms with Crippen molar-refractivity contribution >= 4 is 5.91 Å². The van der Waals surface area contributed by atoms with Gasteiger partial charge in [0.15, 0.2) is 0 Å². The number of hydrogen-bond donors (Lipinski definition) is 2. The number of benzene rings is 1. The number of carbonyl (C=O) groups is 1. The lowest BCUT2D eigenvalue weighted by atomic mass is 9.85. The summed E-state index contributed by atoms with van der Waals surface area (Å²) in [5, 5.41) is 3.61. The van der Waals surface area contributed by atoms with Crippen molar-refractivity contribution in [2.75, 3.05) is 0 Å². The molecule has 104 valence electrons. The van der Waals surface area contributed by atoms with E-state index in [0.29, 0.717) is 6.04 Å². The molecule has 1 aliphatic rings. The maximum Gasteiger partial charge on any atom is 0.220 e. The highest BCUT2D eigenvalue weighted by Gasteiger charge is 2.24. The van der Waals surface area contributed by atoms with Gasteiger partial charge in [-0.1, -0.05) is 18.2 Å². The molecule has 1 aromatic rings. The number of aryl methyl sites for hydroxylation is 1. The predicted octanol–water partition coefficient (Wildman–Crippen LogP) is 2.44. The molecular weight excluding hydrogens is 236 g/mol. The third-order valence-electron chi connectivity index (χ3n) is 4.43. The maximum atomic E-state index is 11.1. The van der Waals surface area contributed by atoms with Crippen LogP contribution >= 0.6 is 0 Å². The average molecular weight is 260 g/mol. The smallest absolute Gasteiger partial charge is 0.220 e. The Kier molecular flexibility index (Phi) is 4.59. The van der Waals surface area contributed by atoms with E-state index in [1.165, 1.54) is 16.7 Å². The minimum atomic E-state index is -0.132. The molecule has 0 heterocycles. The van der Waals surface area contributed by atoms with Crippen LogP contribution in [0.25, 0.3) is 0 Å². The first-order valence-corrected chi connectivity index (χ1v) is 7.15. The van der Waals surface area contributed by atoms with Gasteiger partial charge in [-0.25, -0.2) is 0 Å². The molecule has 0 unspecified atom stereocenters. The first kappa shape index (κ1) is 14.1. The van der Waals surface area contributed by atoms with Crippen LogP contribution in [0.1, 0.15) is 42.4 Å². The molecule has 0 spiro atoms. The number of primary amides is 1. The van der Waals surface area contributed by atoms with Gasteiger partial charge in [0.2, 0.25) is 5.91 Å². The number of amides is 1. The van der Waals surface area contributed by atoms with Gasteiger partial charge in [-0.05, 0) is 56.2 Å². The molecule has 3 heteroatoms. The lowest BCUT2D eigenvalue weighted by Gasteiger charge is -2.27. The first-order chi connectivity index (χ1) is 9.08. The number of carbonyl (C=O) groups excluding carboxylic acids is 1. The summed E-state index contributed by atoms with van der Waals surface area (Å²) in [6.07, 6.45) is 3.97. The molecule has 1 fully saturated rings. The van der Waals surface area contributed by atoms with Gasteiger partial charge in [0, 0.05) is 18.5 Å². The number of hydrogen-bond acceptors (Lipinski definition) is 2. The standard InChI is InChI=1S/C16H24N2O/c1-11-4-3-5-14(12(11)2)10-18-15-8-6-13(7-9-15)16(17)19/h3-5,13,15,18H,6-10H2,1-2H3,(H2,17,19). The van der Waals surface area contributed by atoms with Crippen LogP contribution in [0.3, 0.4) is 0 Å². The second kappa shape index (κ2) is 6.20. The van der Waals surface area contributed by atoms with E-state index < -0.39 is 0 Å². The van der Waals surface area contributed by atoms with Crippen molar-refractivity contribution in [2.24, 2.45) is 11.7 Å². The van der Waals surface area contributed by atoms with Crippen molar-refractivity contribution in [3.05, 3.63) is 34.9 Å². The quantitative estimate of drug-likeness (QED) is 0.873. The molecule has 0 atom stereocenters. The van der Waals surface area contributed by atoms with Gasteiger partial charge in [0.1, 0.15) is 0 Å². The third-order valence-corrected chi connectivity index (χ3v) is 4.43. The van der Waals surface area contributed by atoms with Crippen molar-refractivity contribution in [1.29, 1.82) is 0 Å². The van der Waals surface area contributed by atoms with E-state index in [1.54, 1.807) is 0 Å². The molecule has 0 aliphatic heterocycles. The summed E-state index contributed by atoms with van der Waals surface area (Å²) >= 11 is 0. The Morgan fingerprint density at radius 3 is 2.58 bits per heavy atom. The average Bonchev–Trinajstić information content (AvgIpc) is 2.41. The van der Waals surface area contributed by atoms with Gasteiger partial charge in [-0.2, -0.15) is 0 Å². The summed E-state index contributed by atoms with van der Waals surface area (Å²) in [6.45, 7) is 5.24. The zero-order valence-corrected chi connectivity index (χ0v) is 11.9. The highest BCUT2D eigenvalue weighted by Crippen LogP contribution is 2.24. The van der Waals surface area contributed by atoms with Gasteiger partial charge < -0.3 is 11.1 Å². The minimum Gasteiger partial charge on any atom is -0.369 e. The molecule has 19 heavy (non-hydrogen) atoms. The fourth-order valence-corrected chi connectivity index (χ4v) is 2.84. The first-order valence-electron chi connectivity index (χ1n) is 7.15. The van der Waals surface area contributed by atoms with E-state index in [-0.39, 0.29) is 11.8 Å². The topological polar surface area (TPSA) is 55.1 Å². The van der Waals surface area contributed by atoms with Crippen LogP contribution in [-0.4, -0.2) is 11.9 Å². The van der Waals surface area contributed by atoms with Crippen LogP contribution in [0, 0.1) is 19.8 Å². The monoisotopic (exact) mass is 260 g/mol. The molecule has 1 aromatic carbocycles. The van der Waals surface area contributed by atoms with Crippen molar-refractivity contribution in [3.63, 3.8) is 0 Å². The zero-order valence-electron chi connectivity index (χ0n) is 11.9. The van der Waals surface area contributed by atoms with Crippen molar-refractivity contribution < 1.29 is 4.79 Å². The van der Waals surface area contributed by atoms with Gasteiger partial charge in [-0.3, -0.25) is 4.79 Å². The SMILES string of the molecule is Cc1cccc(CNC2CCC(C(N)=O)CC2)c1C. The minimum absolute atomic E-state index is 0.0961. The molecule has 0 aromatic heterocycles. The predicted molar refractivity (Wildman–Crippen MR) is 77.7 cm³/mol. The van der Waals surface area contributed by atoms with Crippen molar-refractivity contribution in [2.45, 2.75) is 52.1 Å². The molecule has 1 aliphatic carbocycles. The summed E-state index contributed by atoms with van der Waals surface area (Å²) in [6, 6.07) is 6.97. The van der Waals surface area contributed by atoms with Gasteiger partial charge in [-0.15, -0.1) is 0 Å². The van der Waals surface area contributed by atoms with Crippen LogP contribution in [0.15, 0.2) is 18.2 Å². The molecule has 0 bridgehead atoms. The van der Waals surface area contributed by atoms with E-state index in [4.69, 9.17) is 5.73 Å². The lowest BCUT2D eigenvalue weighted by molar-refractivity contribution is -0.122. The van der Waals surface area contributed by atoms with Crippen molar-refractivity contribution in [3.8, 4) is 0 Å². The fourth-order valence-electron chi connectivity index (χ4n) is 2.84. The van der Waals surface area contributed by atoms with Gasteiger partial charge in [0.25, 0.3) is 0 Å². The summed E-state index contributed by atoms with van der Waals surface area (Å²) in [5.41, 5.74) is 9.45. The van der Waals surface area contributed by atoms with Crippen LogP contribution in [0.2, 0.25) is 0 Å². The Hall–Kier alpha value is -1.35. The highest BCUT2D eigenvalue weighted by molar-refractivity contribution is 5.76. The Bertz CT molecular complexity index is 448. The van der Waals surface area contributed by atoms with Crippen LogP contribution in [0.5, 0.6) is 0 Å². The van der Waals surface area contributed by atoms with Gasteiger partial charge >= 0.3 is 0 Å². The summed E-state index contributed by atoms with van der Waals surface area (Å²) < 4.78 is 0. The molecule has 1 saturated carbocycles. The van der Waals surface area contributed by atoms with Crippen molar-refractivity contribution in [1.82, 2.24) is 5.32 Å². The van der Waals surface area contributed by atoms with Crippen LogP contribution in [-0.2, 0) is 11.3 Å². The fraction of sp³-hybridized carbons (Fsp3) is 0.562. The molecule has 0 saturated heterocycles. The third kappa shape index (κ3) is 3.57. The largest absolute Gasteiger partial charge is 0.369 e. The van der Waals surface area contributed by atoms with Crippen LogP contribution < -0.4 is 11.1 Å². The second-order valence-electron chi connectivity index (χ2n) is 5.69. The van der Waals surface area contributed by atoms with Gasteiger partial charge in [0.05, 0.1) is 0 Å². The highest BCUT2D eigenvalue weighted by atomic mass is 16.1. The Morgan fingerprint density at radius 1 is 1.26 bits per heavy atom. The number of nitrogens with one attached hydrogen (secondary N) is 1. The van der Waals surface area contributed by atoms with E-state index in [9.17, 15) is 4.79 Å². The summed E-state index contributed by atoms with van der Waals surface area (Å²) in [4.78, 5) is 11.1. The molecule has 3 N–H and O–H groups in total. The van der Waals surface area contributed by atoms with E-state index in [0.717, 1.165) is 32.2 Å². The second-order valence-corrected chi connectivity index (χ2v) is 5.69. The zero-order chi connectivity index (χ0) is 13.8. The lowest BCUT2D eigenvalue weighted by Crippen LogP contribution is -2.36. The molecular formula is C16H24N2O.